The summed E-state index contributed by atoms with van der Waals surface area (Å²) in [5.74, 6) is 0.227. The Bertz CT molecular complexity index is 355. The third kappa shape index (κ3) is 1.72. The Balaban J connectivity index is 2.12. The molecule has 1 fully saturated rings. The van der Waals surface area contributed by atoms with Crippen LogP contribution < -0.4 is 5.32 Å². The Morgan fingerprint density at radius 2 is 2.43 bits per heavy atom. The van der Waals surface area contributed by atoms with Crippen molar-refractivity contribution in [1.29, 1.82) is 0 Å². The smallest absolute Gasteiger partial charge is 0.197 e. The average molecular weight is 210 g/mol. The van der Waals surface area contributed by atoms with Crippen LogP contribution in [0.1, 0.15) is 35.3 Å². The van der Waals surface area contributed by atoms with Gasteiger partial charge < -0.3 is 5.32 Å². The summed E-state index contributed by atoms with van der Waals surface area (Å²) in [6.07, 6.45) is 2.04. The first-order chi connectivity index (χ1) is 6.65. The highest BCUT2D eigenvalue weighted by molar-refractivity contribution is 7.11. The topological polar surface area (TPSA) is 42.0 Å². The minimum absolute atomic E-state index is 0.0885. The molecule has 1 aliphatic rings. The molecule has 0 aromatic carbocycles. The van der Waals surface area contributed by atoms with E-state index in [2.05, 4.69) is 10.3 Å². The Labute approximate surface area is 87.6 Å². The van der Waals surface area contributed by atoms with Gasteiger partial charge in [-0.2, -0.15) is 0 Å². The Kier molecular flexibility index (Phi) is 2.41. The maximum Gasteiger partial charge on any atom is 0.197 e. The third-order valence-electron chi connectivity index (χ3n) is 2.65. The fourth-order valence-corrected chi connectivity index (χ4v) is 2.25. The van der Waals surface area contributed by atoms with E-state index in [4.69, 9.17) is 0 Å². The van der Waals surface area contributed by atoms with Crippen LogP contribution in [0.5, 0.6) is 0 Å². The highest BCUT2D eigenvalue weighted by Crippen LogP contribution is 2.47. The van der Waals surface area contributed by atoms with Gasteiger partial charge in [-0.25, -0.2) is 4.98 Å². The molecule has 0 saturated heterocycles. The minimum atomic E-state index is -0.0885. The first-order valence-corrected chi connectivity index (χ1v) is 5.67. The van der Waals surface area contributed by atoms with Crippen molar-refractivity contribution in [2.24, 2.45) is 5.41 Å². The summed E-state index contributed by atoms with van der Waals surface area (Å²) in [4.78, 5) is 16.2. The zero-order valence-electron chi connectivity index (χ0n) is 8.46. The molecule has 1 heterocycles. The Morgan fingerprint density at radius 1 is 1.71 bits per heavy atom. The first-order valence-electron chi connectivity index (χ1n) is 4.79. The molecule has 0 amide bonds. The maximum absolute atomic E-state index is 11.9. The van der Waals surface area contributed by atoms with Gasteiger partial charge in [0.15, 0.2) is 10.8 Å². The Hall–Kier alpha value is -0.740. The summed E-state index contributed by atoms with van der Waals surface area (Å²) in [5, 5.41) is 5.65. The van der Waals surface area contributed by atoms with Gasteiger partial charge in [-0.05, 0) is 19.9 Å². The lowest BCUT2D eigenvalue weighted by Crippen LogP contribution is -2.12. The monoisotopic (exact) mass is 210 g/mol. The lowest BCUT2D eigenvalue weighted by molar-refractivity contribution is 0.0912. The number of hydrogen-bond donors (Lipinski definition) is 1. The van der Waals surface area contributed by atoms with E-state index in [9.17, 15) is 4.79 Å². The van der Waals surface area contributed by atoms with Crippen molar-refractivity contribution in [3.63, 3.8) is 0 Å². The van der Waals surface area contributed by atoms with Gasteiger partial charge in [0.1, 0.15) is 0 Å². The van der Waals surface area contributed by atoms with Gasteiger partial charge in [0, 0.05) is 17.3 Å². The summed E-state index contributed by atoms with van der Waals surface area (Å²) in [6.45, 7) is 2.76. The zero-order chi connectivity index (χ0) is 10.2. The minimum Gasteiger partial charge on any atom is -0.314 e. The molecule has 0 unspecified atom stereocenters. The van der Waals surface area contributed by atoms with E-state index in [0.717, 1.165) is 25.1 Å². The number of nitrogens with zero attached hydrogens (tertiary/aromatic N) is 1. The number of carbonyl (C=O) groups excluding carboxylic acids is 1. The summed E-state index contributed by atoms with van der Waals surface area (Å²) in [6, 6.07) is 0. The fraction of sp³-hybridized carbons (Fsp3) is 0.600. The number of aromatic nitrogens is 1. The quantitative estimate of drug-likeness (QED) is 0.771. The molecule has 0 bridgehead atoms. The van der Waals surface area contributed by atoms with Crippen molar-refractivity contribution in [3.05, 3.63) is 16.1 Å². The number of thiazole rings is 1. The van der Waals surface area contributed by atoms with E-state index >= 15 is 0 Å². The van der Waals surface area contributed by atoms with Crippen LogP contribution in [0, 0.1) is 5.41 Å². The summed E-state index contributed by atoms with van der Waals surface area (Å²) in [5.41, 5.74) is 0.875. The summed E-state index contributed by atoms with van der Waals surface area (Å²) >= 11 is 1.46. The van der Waals surface area contributed by atoms with Crippen molar-refractivity contribution in [2.75, 3.05) is 7.05 Å². The first kappa shape index (κ1) is 9.80. The predicted molar refractivity (Wildman–Crippen MR) is 56.5 cm³/mol. The third-order valence-corrected chi connectivity index (χ3v) is 3.54. The molecule has 3 nitrogen and oxygen atoms in total. The average Bonchev–Trinajstić information content (AvgIpc) is 2.76. The van der Waals surface area contributed by atoms with Crippen molar-refractivity contribution >= 4 is 17.1 Å². The van der Waals surface area contributed by atoms with Crippen molar-refractivity contribution < 1.29 is 4.79 Å². The van der Waals surface area contributed by atoms with E-state index in [1.165, 1.54) is 11.3 Å². The molecule has 14 heavy (non-hydrogen) atoms. The molecule has 1 N–H and O–H groups in total. The van der Waals surface area contributed by atoms with Crippen LogP contribution in [0.2, 0.25) is 0 Å². The molecule has 0 aliphatic heterocycles. The van der Waals surface area contributed by atoms with Gasteiger partial charge in [-0.3, -0.25) is 4.79 Å². The number of rotatable bonds is 4. The van der Waals surface area contributed by atoms with Crippen molar-refractivity contribution in [3.8, 4) is 0 Å². The van der Waals surface area contributed by atoms with Crippen LogP contribution in [0.15, 0.2) is 5.38 Å². The van der Waals surface area contributed by atoms with Crippen LogP contribution >= 0.6 is 11.3 Å². The van der Waals surface area contributed by atoms with Crippen LogP contribution in [0.4, 0.5) is 0 Å². The van der Waals surface area contributed by atoms with E-state index in [0.29, 0.717) is 5.01 Å². The molecular formula is C10H14N2OS. The molecule has 76 valence electrons. The molecule has 1 aromatic heterocycles. The van der Waals surface area contributed by atoms with Gasteiger partial charge in [-0.1, -0.05) is 6.92 Å². The number of hydrogen-bond acceptors (Lipinski definition) is 4. The van der Waals surface area contributed by atoms with Gasteiger partial charge in [-0.15, -0.1) is 11.3 Å². The number of Topliss-reactive ketones (excluding diaryl/α,β-unsaturated/α-hetero) is 1. The van der Waals surface area contributed by atoms with Crippen LogP contribution in [0.25, 0.3) is 0 Å². The van der Waals surface area contributed by atoms with Gasteiger partial charge in [0.25, 0.3) is 0 Å². The van der Waals surface area contributed by atoms with Crippen LogP contribution in [-0.4, -0.2) is 17.8 Å². The molecule has 0 atom stereocenters. The molecule has 1 aliphatic carbocycles. The van der Waals surface area contributed by atoms with Gasteiger partial charge >= 0.3 is 0 Å². The lowest BCUT2D eigenvalue weighted by Gasteiger charge is -2.02. The van der Waals surface area contributed by atoms with Crippen molar-refractivity contribution in [2.45, 2.75) is 26.3 Å². The summed E-state index contributed by atoms with van der Waals surface area (Å²) < 4.78 is 0. The van der Waals surface area contributed by atoms with E-state index < -0.39 is 0 Å². The largest absolute Gasteiger partial charge is 0.314 e. The standard InChI is InChI=1S/C10H14N2OS/c1-10(3-4-10)8(13)9-12-7(5-11-2)6-14-9/h6,11H,3-5H2,1-2H3. The molecular weight excluding hydrogens is 196 g/mol. The fourth-order valence-electron chi connectivity index (χ4n) is 1.35. The van der Waals surface area contributed by atoms with Crippen LogP contribution in [-0.2, 0) is 6.54 Å². The second kappa shape index (κ2) is 3.44. The molecule has 0 spiro atoms. The molecule has 1 aromatic rings. The second-order valence-corrected chi connectivity index (χ2v) is 4.92. The SMILES string of the molecule is CNCc1csc(C(=O)C2(C)CC2)n1. The second-order valence-electron chi connectivity index (χ2n) is 4.06. The lowest BCUT2D eigenvalue weighted by atomic mass is 10.1. The molecule has 1 saturated carbocycles. The maximum atomic E-state index is 11.9. The molecule has 2 rings (SSSR count). The number of nitrogens with one attached hydrogen (secondary N) is 1. The number of carbonyl (C=O) groups is 1. The normalized spacial score (nSPS) is 18.1. The van der Waals surface area contributed by atoms with E-state index in [1.807, 2.05) is 19.4 Å². The zero-order valence-corrected chi connectivity index (χ0v) is 9.28. The highest BCUT2D eigenvalue weighted by atomic mass is 32.1. The number of ketones is 1. The Morgan fingerprint density at radius 3 is 3.00 bits per heavy atom. The van der Waals surface area contributed by atoms with Gasteiger partial charge in [0.2, 0.25) is 0 Å². The van der Waals surface area contributed by atoms with Crippen molar-refractivity contribution in [1.82, 2.24) is 10.3 Å². The van der Waals surface area contributed by atoms with E-state index in [1.54, 1.807) is 0 Å². The molecule has 0 radical (unpaired) electrons. The van der Waals surface area contributed by atoms with Crippen LogP contribution in [0.3, 0.4) is 0 Å². The predicted octanol–water partition coefficient (Wildman–Crippen LogP) is 1.85. The van der Waals surface area contributed by atoms with Gasteiger partial charge in [0.05, 0.1) is 5.69 Å². The highest BCUT2D eigenvalue weighted by Gasteiger charge is 2.46. The molecule has 4 heteroatoms. The summed E-state index contributed by atoms with van der Waals surface area (Å²) in [7, 11) is 1.88. The van der Waals surface area contributed by atoms with E-state index in [-0.39, 0.29) is 11.2 Å².